The van der Waals surface area contributed by atoms with Crippen molar-refractivity contribution in [3.8, 4) is 0 Å². The topological polar surface area (TPSA) is 28.2 Å². The normalized spacial score (nSPS) is 15.0. The molecule has 4 heteroatoms. The SMILES string of the molecule is CNc1nc2ccc(CN3CCc4ccccc4C3)cc2s1. The van der Waals surface area contributed by atoms with E-state index in [-0.39, 0.29) is 0 Å². The second-order valence-electron chi connectivity index (χ2n) is 5.80. The molecular weight excluding hydrogens is 290 g/mol. The minimum Gasteiger partial charge on any atom is -0.365 e. The Morgan fingerprint density at radius 1 is 1.18 bits per heavy atom. The molecule has 1 N–H and O–H groups in total. The lowest BCUT2D eigenvalue weighted by atomic mass is 9.99. The molecule has 1 aromatic heterocycles. The fourth-order valence-corrected chi connectivity index (χ4v) is 4.00. The first kappa shape index (κ1) is 13.7. The molecule has 0 radical (unpaired) electrons. The largest absolute Gasteiger partial charge is 0.365 e. The summed E-state index contributed by atoms with van der Waals surface area (Å²) in [6.07, 6.45) is 1.16. The van der Waals surface area contributed by atoms with E-state index in [9.17, 15) is 0 Å². The van der Waals surface area contributed by atoms with E-state index >= 15 is 0 Å². The highest BCUT2D eigenvalue weighted by Crippen LogP contribution is 2.27. The molecule has 112 valence electrons. The number of fused-ring (bicyclic) bond motifs is 2. The van der Waals surface area contributed by atoms with Crippen molar-refractivity contribution in [2.24, 2.45) is 0 Å². The van der Waals surface area contributed by atoms with Crippen LogP contribution >= 0.6 is 11.3 Å². The van der Waals surface area contributed by atoms with Crippen LogP contribution in [0, 0.1) is 0 Å². The van der Waals surface area contributed by atoms with Crippen LogP contribution in [0.15, 0.2) is 42.5 Å². The molecule has 2 heterocycles. The Bertz CT molecular complexity index is 809. The van der Waals surface area contributed by atoms with Crippen molar-refractivity contribution in [2.75, 3.05) is 18.9 Å². The maximum atomic E-state index is 4.54. The van der Waals surface area contributed by atoms with Crippen molar-refractivity contribution in [3.63, 3.8) is 0 Å². The molecule has 22 heavy (non-hydrogen) atoms. The molecule has 0 bridgehead atoms. The van der Waals surface area contributed by atoms with Gasteiger partial charge >= 0.3 is 0 Å². The van der Waals surface area contributed by atoms with E-state index in [4.69, 9.17) is 0 Å². The molecular formula is C18H19N3S. The third-order valence-electron chi connectivity index (χ3n) is 4.28. The second kappa shape index (κ2) is 5.71. The Balaban J connectivity index is 1.54. The average molecular weight is 309 g/mol. The van der Waals surface area contributed by atoms with Crippen LogP contribution < -0.4 is 5.32 Å². The molecule has 0 spiro atoms. The summed E-state index contributed by atoms with van der Waals surface area (Å²) in [6, 6.07) is 15.4. The van der Waals surface area contributed by atoms with Gasteiger partial charge in [-0.05, 0) is 35.2 Å². The predicted octanol–water partition coefficient (Wildman–Crippen LogP) is 3.90. The average Bonchev–Trinajstić information content (AvgIpc) is 2.97. The van der Waals surface area contributed by atoms with Crippen LogP contribution in [0.1, 0.15) is 16.7 Å². The Morgan fingerprint density at radius 3 is 2.91 bits per heavy atom. The van der Waals surface area contributed by atoms with Gasteiger partial charge in [0.25, 0.3) is 0 Å². The lowest BCUT2D eigenvalue weighted by Crippen LogP contribution is -2.29. The molecule has 0 saturated carbocycles. The lowest BCUT2D eigenvalue weighted by molar-refractivity contribution is 0.245. The van der Waals surface area contributed by atoms with E-state index in [1.165, 1.54) is 21.4 Å². The highest BCUT2D eigenvalue weighted by molar-refractivity contribution is 7.22. The molecule has 2 aromatic carbocycles. The number of hydrogen-bond acceptors (Lipinski definition) is 4. The zero-order valence-corrected chi connectivity index (χ0v) is 13.5. The smallest absolute Gasteiger partial charge is 0.183 e. The molecule has 0 atom stereocenters. The summed E-state index contributed by atoms with van der Waals surface area (Å²) in [4.78, 5) is 7.07. The van der Waals surface area contributed by atoms with Crippen LogP contribution in [0.3, 0.4) is 0 Å². The molecule has 3 aromatic rings. The summed E-state index contributed by atoms with van der Waals surface area (Å²) in [7, 11) is 1.92. The highest BCUT2D eigenvalue weighted by Gasteiger charge is 2.16. The van der Waals surface area contributed by atoms with Gasteiger partial charge in [0.15, 0.2) is 5.13 Å². The highest BCUT2D eigenvalue weighted by atomic mass is 32.1. The zero-order chi connectivity index (χ0) is 14.9. The van der Waals surface area contributed by atoms with Crippen molar-refractivity contribution in [3.05, 3.63) is 59.2 Å². The molecule has 1 aliphatic heterocycles. The summed E-state index contributed by atoms with van der Waals surface area (Å²) < 4.78 is 1.26. The Morgan fingerprint density at radius 2 is 2.05 bits per heavy atom. The minimum atomic E-state index is 0.985. The summed E-state index contributed by atoms with van der Waals surface area (Å²) in [5.41, 5.74) is 5.45. The summed E-state index contributed by atoms with van der Waals surface area (Å²) in [5, 5.41) is 4.11. The molecule has 0 saturated heterocycles. The van der Waals surface area contributed by atoms with Gasteiger partial charge < -0.3 is 5.32 Å². The summed E-state index contributed by atoms with van der Waals surface area (Å²) in [5.74, 6) is 0. The van der Waals surface area contributed by atoms with Crippen LogP contribution in [0.25, 0.3) is 10.2 Å². The maximum Gasteiger partial charge on any atom is 0.183 e. The minimum absolute atomic E-state index is 0.985. The van der Waals surface area contributed by atoms with E-state index in [1.54, 1.807) is 11.3 Å². The number of nitrogens with one attached hydrogen (secondary N) is 1. The van der Waals surface area contributed by atoms with Crippen LogP contribution in [0.5, 0.6) is 0 Å². The van der Waals surface area contributed by atoms with Crippen molar-refractivity contribution >= 4 is 26.7 Å². The number of thiazole rings is 1. The number of rotatable bonds is 3. The van der Waals surface area contributed by atoms with E-state index in [2.05, 4.69) is 57.7 Å². The van der Waals surface area contributed by atoms with E-state index in [0.717, 1.165) is 36.7 Å². The molecule has 0 amide bonds. The zero-order valence-electron chi connectivity index (χ0n) is 12.7. The third-order valence-corrected chi connectivity index (χ3v) is 5.32. The summed E-state index contributed by atoms with van der Waals surface area (Å²) in [6.45, 7) is 3.20. The van der Waals surface area contributed by atoms with Gasteiger partial charge in [-0.25, -0.2) is 4.98 Å². The van der Waals surface area contributed by atoms with Gasteiger partial charge in [0.2, 0.25) is 0 Å². The summed E-state index contributed by atoms with van der Waals surface area (Å²) >= 11 is 1.72. The maximum absolute atomic E-state index is 4.54. The molecule has 0 aliphatic carbocycles. The first-order chi connectivity index (χ1) is 10.8. The lowest BCUT2D eigenvalue weighted by Gasteiger charge is -2.28. The number of hydrogen-bond donors (Lipinski definition) is 1. The fraction of sp³-hybridized carbons (Fsp3) is 0.278. The van der Waals surface area contributed by atoms with Crippen LogP contribution in [-0.4, -0.2) is 23.5 Å². The molecule has 4 rings (SSSR count). The van der Waals surface area contributed by atoms with Crippen molar-refractivity contribution < 1.29 is 0 Å². The third kappa shape index (κ3) is 2.60. The Kier molecular flexibility index (Phi) is 3.56. The number of aromatic nitrogens is 1. The van der Waals surface area contributed by atoms with Gasteiger partial charge in [-0.1, -0.05) is 41.7 Å². The quantitative estimate of drug-likeness (QED) is 0.795. The van der Waals surface area contributed by atoms with Crippen molar-refractivity contribution in [1.29, 1.82) is 0 Å². The Hall–Kier alpha value is -1.91. The number of anilines is 1. The van der Waals surface area contributed by atoms with Crippen molar-refractivity contribution in [1.82, 2.24) is 9.88 Å². The van der Waals surface area contributed by atoms with E-state index < -0.39 is 0 Å². The van der Waals surface area contributed by atoms with Gasteiger partial charge in [-0.2, -0.15) is 0 Å². The molecule has 0 fully saturated rings. The van der Waals surface area contributed by atoms with Gasteiger partial charge in [0.1, 0.15) is 0 Å². The van der Waals surface area contributed by atoms with Crippen molar-refractivity contribution in [2.45, 2.75) is 19.5 Å². The van der Waals surface area contributed by atoms with Gasteiger partial charge in [0, 0.05) is 26.7 Å². The first-order valence-electron chi connectivity index (χ1n) is 7.68. The molecule has 0 unspecified atom stereocenters. The van der Waals surface area contributed by atoms with Gasteiger partial charge in [-0.3, -0.25) is 4.90 Å². The van der Waals surface area contributed by atoms with Crippen LogP contribution in [-0.2, 0) is 19.5 Å². The van der Waals surface area contributed by atoms with Gasteiger partial charge in [-0.15, -0.1) is 0 Å². The monoisotopic (exact) mass is 309 g/mol. The van der Waals surface area contributed by atoms with Crippen LogP contribution in [0.2, 0.25) is 0 Å². The van der Waals surface area contributed by atoms with Gasteiger partial charge in [0.05, 0.1) is 10.2 Å². The second-order valence-corrected chi connectivity index (χ2v) is 6.83. The number of benzene rings is 2. The van der Waals surface area contributed by atoms with E-state index in [1.807, 2.05) is 7.05 Å². The van der Waals surface area contributed by atoms with Crippen LogP contribution in [0.4, 0.5) is 5.13 Å². The van der Waals surface area contributed by atoms with E-state index in [0.29, 0.717) is 0 Å². The Labute approximate surface area is 134 Å². The number of nitrogens with zero attached hydrogens (tertiary/aromatic N) is 2. The fourth-order valence-electron chi connectivity index (χ4n) is 3.12. The standard InChI is InChI=1S/C18H19N3S/c1-19-18-20-16-7-6-13(10-17(16)22-18)11-21-9-8-14-4-2-3-5-15(14)12-21/h2-7,10H,8-9,11-12H2,1H3,(H,19,20). The predicted molar refractivity (Wildman–Crippen MR) is 93.4 cm³/mol. The molecule has 3 nitrogen and oxygen atoms in total. The molecule has 1 aliphatic rings. The first-order valence-corrected chi connectivity index (χ1v) is 8.50.